The van der Waals surface area contributed by atoms with E-state index >= 15 is 0 Å². The van der Waals surface area contributed by atoms with Crippen molar-refractivity contribution in [2.75, 3.05) is 6.61 Å². The summed E-state index contributed by atoms with van der Waals surface area (Å²) >= 11 is 0. The lowest BCUT2D eigenvalue weighted by atomic mass is 10.1. The number of rotatable bonds is 9. The molecular weight excluding hydrogens is 244 g/mol. The highest BCUT2D eigenvalue weighted by Gasteiger charge is 2.18. The zero-order valence-electron chi connectivity index (χ0n) is 12.2. The van der Waals surface area contributed by atoms with Gasteiger partial charge < -0.3 is 9.47 Å². The summed E-state index contributed by atoms with van der Waals surface area (Å²) in [5, 5.41) is 0. The van der Waals surface area contributed by atoms with E-state index in [1.165, 1.54) is 6.92 Å². The lowest BCUT2D eigenvalue weighted by Gasteiger charge is -2.27. The number of carbonyl (C=O) groups is 2. The van der Waals surface area contributed by atoms with E-state index < -0.39 is 0 Å². The van der Waals surface area contributed by atoms with E-state index in [0.29, 0.717) is 6.42 Å². The number of hydrogen-bond donors (Lipinski definition) is 0. The van der Waals surface area contributed by atoms with Crippen LogP contribution in [0.3, 0.4) is 0 Å². The number of Topliss-reactive ketones (excluding diaryl/α,β-unsaturated/α-hetero) is 2. The van der Waals surface area contributed by atoms with E-state index in [1.807, 2.05) is 0 Å². The van der Waals surface area contributed by atoms with Crippen LogP contribution in [0.15, 0.2) is 0 Å². The Labute approximate surface area is 115 Å². The zero-order valence-corrected chi connectivity index (χ0v) is 12.2. The molecule has 0 spiro atoms. The van der Waals surface area contributed by atoms with Gasteiger partial charge in [-0.05, 0) is 45.4 Å². The van der Waals surface area contributed by atoms with Crippen LogP contribution in [0.2, 0.25) is 0 Å². The molecule has 0 aromatic rings. The molecule has 0 radical (unpaired) electrons. The Hall–Kier alpha value is -0.740. The summed E-state index contributed by atoms with van der Waals surface area (Å²) in [6.07, 6.45) is 6.49. The maximum Gasteiger partial charge on any atom is 0.157 e. The monoisotopic (exact) mass is 270 g/mol. The summed E-state index contributed by atoms with van der Waals surface area (Å²) in [6.45, 7) is 4.33. The molecule has 0 aliphatic carbocycles. The normalized spacial score (nSPS) is 21.1. The van der Waals surface area contributed by atoms with E-state index in [1.54, 1.807) is 0 Å². The summed E-state index contributed by atoms with van der Waals surface area (Å²) in [5.41, 5.74) is 0. The van der Waals surface area contributed by atoms with Crippen molar-refractivity contribution in [1.82, 2.24) is 0 Å². The molecule has 0 N–H and O–H groups in total. The molecule has 0 aromatic carbocycles. The van der Waals surface area contributed by atoms with Gasteiger partial charge in [0.05, 0.1) is 12.5 Å². The fraction of sp³-hybridized carbons (Fsp3) is 0.867. The van der Waals surface area contributed by atoms with Gasteiger partial charge in [0.25, 0.3) is 0 Å². The second-order valence-corrected chi connectivity index (χ2v) is 5.27. The molecular formula is C15H26O4. The van der Waals surface area contributed by atoms with E-state index in [0.717, 1.165) is 45.1 Å². The molecule has 0 bridgehead atoms. The SMILES string of the molecule is CC[C@H](CCCC(=O)CC(C)=O)OC1CCCCO1. The molecule has 0 aromatic heterocycles. The zero-order chi connectivity index (χ0) is 14.1. The lowest BCUT2D eigenvalue weighted by molar-refractivity contribution is -0.189. The average molecular weight is 270 g/mol. The van der Waals surface area contributed by atoms with Crippen LogP contribution >= 0.6 is 0 Å². The van der Waals surface area contributed by atoms with Crippen molar-refractivity contribution in [3.8, 4) is 0 Å². The fourth-order valence-electron chi connectivity index (χ4n) is 2.29. The van der Waals surface area contributed by atoms with Crippen LogP contribution in [0, 0.1) is 0 Å². The van der Waals surface area contributed by atoms with Gasteiger partial charge in [0.1, 0.15) is 11.6 Å². The molecule has 1 aliphatic rings. The van der Waals surface area contributed by atoms with Crippen molar-refractivity contribution in [1.29, 1.82) is 0 Å². The van der Waals surface area contributed by atoms with Crippen LogP contribution in [0.4, 0.5) is 0 Å². The highest BCUT2D eigenvalue weighted by atomic mass is 16.7. The molecule has 110 valence electrons. The third-order valence-corrected chi connectivity index (χ3v) is 3.37. The largest absolute Gasteiger partial charge is 0.353 e. The Morgan fingerprint density at radius 3 is 2.74 bits per heavy atom. The maximum atomic E-state index is 11.4. The molecule has 2 atom stereocenters. The topological polar surface area (TPSA) is 52.6 Å². The molecule has 0 saturated carbocycles. The molecule has 1 heterocycles. The molecule has 1 unspecified atom stereocenters. The molecule has 1 rings (SSSR count). The van der Waals surface area contributed by atoms with Crippen molar-refractivity contribution < 1.29 is 19.1 Å². The minimum Gasteiger partial charge on any atom is -0.353 e. The maximum absolute atomic E-state index is 11.4. The molecule has 1 aliphatic heterocycles. The molecule has 1 saturated heterocycles. The summed E-state index contributed by atoms with van der Waals surface area (Å²) in [5.74, 6) is -0.0137. The first-order chi connectivity index (χ1) is 9.11. The van der Waals surface area contributed by atoms with Crippen LogP contribution in [-0.2, 0) is 19.1 Å². The van der Waals surface area contributed by atoms with Crippen LogP contribution in [0.25, 0.3) is 0 Å². The minimum absolute atomic E-state index is 0.0382. The highest BCUT2D eigenvalue weighted by Crippen LogP contribution is 2.19. The third kappa shape index (κ3) is 7.43. The van der Waals surface area contributed by atoms with Crippen LogP contribution in [0.5, 0.6) is 0 Å². The van der Waals surface area contributed by atoms with Gasteiger partial charge in [-0.2, -0.15) is 0 Å². The first-order valence-electron chi connectivity index (χ1n) is 7.40. The Morgan fingerprint density at radius 1 is 1.37 bits per heavy atom. The van der Waals surface area contributed by atoms with Gasteiger partial charge in [-0.15, -0.1) is 0 Å². The Balaban J connectivity index is 2.17. The van der Waals surface area contributed by atoms with Gasteiger partial charge in [-0.3, -0.25) is 9.59 Å². The molecule has 19 heavy (non-hydrogen) atoms. The third-order valence-electron chi connectivity index (χ3n) is 3.37. The van der Waals surface area contributed by atoms with E-state index in [2.05, 4.69) is 6.92 Å². The smallest absolute Gasteiger partial charge is 0.157 e. The van der Waals surface area contributed by atoms with Crippen molar-refractivity contribution >= 4 is 11.6 Å². The van der Waals surface area contributed by atoms with Crippen molar-refractivity contribution in [3.05, 3.63) is 0 Å². The summed E-state index contributed by atoms with van der Waals surface area (Å²) < 4.78 is 11.5. The van der Waals surface area contributed by atoms with Gasteiger partial charge in [-0.1, -0.05) is 6.92 Å². The first kappa shape index (κ1) is 16.3. The summed E-state index contributed by atoms with van der Waals surface area (Å²) in [6, 6.07) is 0. The molecule has 1 fully saturated rings. The minimum atomic E-state index is -0.0633. The van der Waals surface area contributed by atoms with Crippen molar-refractivity contribution in [2.24, 2.45) is 0 Å². The Morgan fingerprint density at radius 2 is 2.16 bits per heavy atom. The van der Waals surface area contributed by atoms with Gasteiger partial charge in [0.15, 0.2) is 6.29 Å². The number of hydrogen-bond acceptors (Lipinski definition) is 4. The quantitative estimate of drug-likeness (QED) is 0.604. The second kappa shape index (κ2) is 9.21. The predicted octanol–water partition coefficient (Wildman–Crippen LogP) is 3.03. The molecule has 0 amide bonds. The van der Waals surface area contributed by atoms with E-state index in [9.17, 15) is 9.59 Å². The number of ketones is 2. The fourth-order valence-corrected chi connectivity index (χ4v) is 2.29. The first-order valence-corrected chi connectivity index (χ1v) is 7.40. The number of carbonyl (C=O) groups excluding carboxylic acids is 2. The Kier molecular flexibility index (Phi) is 7.91. The van der Waals surface area contributed by atoms with E-state index in [-0.39, 0.29) is 30.4 Å². The van der Waals surface area contributed by atoms with Gasteiger partial charge in [0, 0.05) is 13.0 Å². The molecule has 4 heteroatoms. The summed E-state index contributed by atoms with van der Waals surface area (Å²) in [4.78, 5) is 22.2. The van der Waals surface area contributed by atoms with Gasteiger partial charge >= 0.3 is 0 Å². The number of ether oxygens (including phenoxy) is 2. The molecule has 4 nitrogen and oxygen atoms in total. The van der Waals surface area contributed by atoms with Crippen LogP contribution in [0.1, 0.15) is 65.2 Å². The van der Waals surface area contributed by atoms with Crippen LogP contribution < -0.4 is 0 Å². The second-order valence-electron chi connectivity index (χ2n) is 5.27. The van der Waals surface area contributed by atoms with Gasteiger partial charge in [-0.25, -0.2) is 0 Å². The highest BCUT2D eigenvalue weighted by molar-refractivity contribution is 5.97. The average Bonchev–Trinajstić information content (AvgIpc) is 2.38. The predicted molar refractivity (Wildman–Crippen MR) is 72.9 cm³/mol. The van der Waals surface area contributed by atoms with Crippen molar-refractivity contribution in [2.45, 2.75) is 77.6 Å². The van der Waals surface area contributed by atoms with Crippen molar-refractivity contribution in [3.63, 3.8) is 0 Å². The van der Waals surface area contributed by atoms with E-state index in [4.69, 9.17) is 9.47 Å². The lowest BCUT2D eigenvalue weighted by Crippen LogP contribution is -2.27. The van der Waals surface area contributed by atoms with Crippen LogP contribution in [-0.4, -0.2) is 30.6 Å². The summed E-state index contributed by atoms with van der Waals surface area (Å²) in [7, 11) is 0. The van der Waals surface area contributed by atoms with Gasteiger partial charge in [0.2, 0.25) is 0 Å². The standard InChI is InChI=1S/C15H26O4/c1-3-14(19-15-9-4-5-10-18-15)8-6-7-13(17)11-12(2)16/h14-15H,3-11H2,1-2H3/t14-,15?/m1/s1. The Bertz CT molecular complexity index is 282.